The van der Waals surface area contributed by atoms with Gasteiger partial charge in [0.2, 0.25) is 0 Å². The summed E-state index contributed by atoms with van der Waals surface area (Å²) < 4.78 is 5.10. The molecule has 0 aliphatic rings. The Hall–Kier alpha value is -1.42. The van der Waals surface area contributed by atoms with Crippen LogP contribution in [0.1, 0.15) is 5.56 Å². The van der Waals surface area contributed by atoms with Crippen LogP contribution in [0.4, 0.5) is 17.1 Å². The van der Waals surface area contributed by atoms with Gasteiger partial charge in [-0.2, -0.15) is 0 Å². The first kappa shape index (κ1) is 14.0. The Labute approximate surface area is 122 Å². The molecule has 2 aromatic carbocycles. The lowest BCUT2D eigenvalue weighted by Crippen LogP contribution is -1.97. The Morgan fingerprint density at radius 1 is 1.16 bits per heavy atom. The average Bonchev–Trinajstić information content (AvgIpc) is 2.37. The Morgan fingerprint density at radius 2 is 1.89 bits per heavy atom. The van der Waals surface area contributed by atoms with Crippen molar-refractivity contribution < 1.29 is 4.74 Å². The molecule has 0 spiro atoms. The smallest absolute Gasteiger partial charge is 0.0713 e. The van der Waals surface area contributed by atoms with Gasteiger partial charge in [-0.05, 0) is 29.8 Å². The van der Waals surface area contributed by atoms with E-state index in [-0.39, 0.29) is 0 Å². The van der Waals surface area contributed by atoms with Crippen molar-refractivity contribution in [3.8, 4) is 0 Å². The van der Waals surface area contributed by atoms with Gasteiger partial charge < -0.3 is 15.8 Å². The monoisotopic (exact) mass is 296 g/mol. The fraction of sp³-hybridized carbons (Fsp3) is 0.143. The SMILES string of the molecule is COCc1cccc(Nc2cc(Cl)c(Cl)cc2N)c1. The number of benzene rings is 2. The van der Waals surface area contributed by atoms with Gasteiger partial charge in [0.15, 0.2) is 0 Å². The van der Waals surface area contributed by atoms with E-state index in [1.54, 1.807) is 19.2 Å². The van der Waals surface area contributed by atoms with E-state index in [2.05, 4.69) is 5.32 Å². The fourth-order valence-corrected chi connectivity index (χ4v) is 2.07. The number of methoxy groups -OCH3 is 1. The second kappa shape index (κ2) is 6.15. The van der Waals surface area contributed by atoms with E-state index in [1.807, 2.05) is 24.3 Å². The van der Waals surface area contributed by atoms with Crippen molar-refractivity contribution in [1.29, 1.82) is 0 Å². The van der Waals surface area contributed by atoms with Crippen molar-refractivity contribution in [3.63, 3.8) is 0 Å². The number of ether oxygens (including phenoxy) is 1. The van der Waals surface area contributed by atoms with Crippen LogP contribution in [0.25, 0.3) is 0 Å². The molecule has 100 valence electrons. The molecule has 19 heavy (non-hydrogen) atoms. The summed E-state index contributed by atoms with van der Waals surface area (Å²) in [7, 11) is 1.66. The molecule has 0 saturated carbocycles. The largest absolute Gasteiger partial charge is 0.397 e. The third-order valence-electron chi connectivity index (χ3n) is 2.61. The highest BCUT2D eigenvalue weighted by Gasteiger charge is 2.05. The number of nitrogen functional groups attached to an aromatic ring is 1. The van der Waals surface area contributed by atoms with E-state index >= 15 is 0 Å². The van der Waals surface area contributed by atoms with Gasteiger partial charge in [0.05, 0.1) is 28.0 Å². The summed E-state index contributed by atoms with van der Waals surface area (Å²) in [5, 5.41) is 4.12. The molecule has 0 heterocycles. The van der Waals surface area contributed by atoms with Crippen LogP contribution in [0.15, 0.2) is 36.4 Å². The van der Waals surface area contributed by atoms with Crippen LogP contribution in [-0.2, 0) is 11.3 Å². The average molecular weight is 297 g/mol. The summed E-state index contributed by atoms with van der Waals surface area (Å²) in [4.78, 5) is 0. The molecule has 5 heteroatoms. The number of nitrogens with one attached hydrogen (secondary N) is 1. The predicted molar refractivity (Wildman–Crippen MR) is 81.3 cm³/mol. The highest BCUT2D eigenvalue weighted by Crippen LogP contribution is 2.32. The molecule has 0 amide bonds. The van der Waals surface area contributed by atoms with Gasteiger partial charge in [0.1, 0.15) is 0 Å². The van der Waals surface area contributed by atoms with Crippen molar-refractivity contribution >= 4 is 40.3 Å². The molecule has 0 atom stereocenters. The normalized spacial score (nSPS) is 10.5. The Kier molecular flexibility index (Phi) is 4.53. The summed E-state index contributed by atoms with van der Waals surface area (Å²) in [5.41, 5.74) is 9.17. The van der Waals surface area contributed by atoms with Gasteiger partial charge in [0, 0.05) is 12.8 Å². The molecule has 0 fully saturated rings. The third kappa shape index (κ3) is 3.53. The van der Waals surface area contributed by atoms with E-state index in [4.69, 9.17) is 33.7 Å². The van der Waals surface area contributed by atoms with Crippen molar-refractivity contribution in [3.05, 3.63) is 52.0 Å². The summed E-state index contributed by atoms with van der Waals surface area (Å²) in [6.45, 7) is 0.562. The molecule has 0 aromatic heterocycles. The molecule has 3 N–H and O–H groups in total. The fourth-order valence-electron chi connectivity index (χ4n) is 1.73. The van der Waals surface area contributed by atoms with Crippen LogP contribution in [0, 0.1) is 0 Å². The van der Waals surface area contributed by atoms with Crippen molar-refractivity contribution in [2.45, 2.75) is 6.61 Å². The Balaban J connectivity index is 2.25. The maximum Gasteiger partial charge on any atom is 0.0713 e. The topological polar surface area (TPSA) is 47.3 Å². The van der Waals surface area contributed by atoms with Crippen molar-refractivity contribution in [2.75, 3.05) is 18.2 Å². The molecule has 3 nitrogen and oxygen atoms in total. The minimum Gasteiger partial charge on any atom is -0.397 e. The molecule has 2 rings (SSSR count). The number of halogens is 2. The number of rotatable bonds is 4. The first-order valence-electron chi connectivity index (χ1n) is 5.69. The van der Waals surface area contributed by atoms with Gasteiger partial charge >= 0.3 is 0 Å². The van der Waals surface area contributed by atoms with Crippen LogP contribution < -0.4 is 11.1 Å². The quantitative estimate of drug-likeness (QED) is 0.819. The maximum absolute atomic E-state index is 5.99. The molecule has 0 bridgehead atoms. The lowest BCUT2D eigenvalue weighted by Gasteiger charge is -2.11. The zero-order chi connectivity index (χ0) is 13.8. The minimum atomic E-state index is 0.442. The molecular weight excluding hydrogens is 283 g/mol. The summed E-state index contributed by atoms with van der Waals surface area (Å²) in [6.07, 6.45) is 0. The maximum atomic E-state index is 5.99. The van der Waals surface area contributed by atoms with E-state index in [0.29, 0.717) is 22.3 Å². The summed E-state index contributed by atoms with van der Waals surface area (Å²) in [5.74, 6) is 0. The van der Waals surface area contributed by atoms with Gasteiger partial charge in [0.25, 0.3) is 0 Å². The highest BCUT2D eigenvalue weighted by atomic mass is 35.5. The van der Waals surface area contributed by atoms with E-state index in [1.165, 1.54) is 0 Å². The highest BCUT2D eigenvalue weighted by molar-refractivity contribution is 6.42. The van der Waals surface area contributed by atoms with Crippen LogP contribution in [-0.4, -0.2) is 7.11 Å². The molecule has 0 saturated heterocycles. The number of anilines is 3. The van der Waals surface area contributed by atoms with Gasteiger partial charge in [-0.1, -0.05) is 35.3 Å². The van der Waals surface area contributed by atoms with Gasteiger partial charge in [-0.15, -0.1) is 0 Å². The van der Waals surface area contributed by atoms with E-state index in [9.17, 15) is 0 Å². The minimum absolute atomic E-state index is 0.442. The zero-order valence-corrected chi connectivity index (χ0v) is 11.9. The summed E-state index contributed by atoms with van der Waals surface area (Å²) in [6, 6.07) is 11.2. The molecule has 0 aliphatic carbocycles. The lowest BCUT2D eigenvalue weighted by molar-refractivity contribution is 0.185. The van der Waals surface area contributed by atoms with E-state index in [0.717, 1.165) is 16.9 Å². The lowest BCUT2D eigenvalue weighted by atomic mass is 10.2. The third-order valence-corrected chi connectivity index (χ3v) is 3.33. The van der Waals surface area contributed by atoms with Crippen LogP contribution in [0.2, 0.25) is 10.0 Å². The first-order chi connectivity index (χ1) is 9.10. The number of hydrogen-bond donors (Lipinski definition) is 2. The zero-order valence-electron chi connectivity index (χ0n) is 10.4. The van der Waals surface area contributed by atoms with Crippen molar-refractivity contribution in [2.24, 2.45) is 0 Å². The molecule has 0 unspecified atom stereocenters. The second-order valence-corrected chi connectivity index (χ2v) is 4.93. The van der Waals surface area contributed by atoms with Crippen LogP contribution >= 0.6 is 23.2 Å². The number of hydrogen-bond acceptors (Lipinski definition) is 3. The van der Waals surface area contributed by atoms with Gasteiger partial charge in [-0.3, -0.25) is 0 Å². The molecule has 0 aliphatic heterocycles. The summed E-state index contributed by atoms with van der Waals surface area (Å²) >= 11 is 11.9. The van der Waals surface area contributed by atoms with E-state index < -0.39 is 0 Å². The number of nitrogens with two attached hydrogens (primary N) is 1. The molecular formula is C14H14Cl2N2O. The molecule has 2 aromatic rings. The van der Waals surface area contributed by atoms with Crippen molar-refractivity contribution in [1.82, 2.24) is 0 Å². The van der Waals surface area contributed by atoms with Crippen LogP contribution in [0.3, 0.4) is 0 Å². The first-order valence-corrected chi connectivity index (χ1v) is 6.45. The molecule has 0 radical (unpaired) electrons. The van der Waals surface area contributed by atoms with Crippen LogP contribution in [0.5, 0.6) is 0 Å². The standard InChI is InChI=1S/C14H14Cl2N2O/c1-19-8-9-3-2-4-10(5-9)18-14-7-12(16)11(15)6-13(14)17/h2-7,18H,8,17H2,1H3. The Morgan fingerprint density at radius 3 is 2.63 bits per heavy atom. The Bertz CT molecular complexity index is 588. The van der Waals surface area contributed by atoms with Gasteiger partial charge in [-0.25, -0.2) is 0 Å². The predicted octanol–water partition coefficient (Wildman–Crippen LogP) is 4.47. The second-order valence-electron chi connectivity index (χ2n) is 4.11.